The normalized spacial score (nSPS) is 15.4. The standard InChI is InChI=1S/C13H14F3NO2/c1-8-2-5-10(12(18)19)11(6-8)17(9-3-4-9)7-13(14,15)16/h2,5-6,9H,3-4,7H2,1H3,(H,18,19). The van der Waals surface area contributed by atoms with E-state index in [0.717, 1.165) is 10.5 Å². The monoisotopic (exact) mass is 273 g/mol. The fourth-order valence-electron chi connectivity index (χ4n) is 2.05. The van der Waals surface area contributed by atoms with E-state index in [4.69, 9.17) is 5.11 Å². The average molecular weight is 273 g/mol. The molecule has 104 valence electrons. The third-order valence-electron chi connectivity index (χ3n) is 3.03. The maximum Gasteiger partial charge on any atom is 0.405 e. The second-order valence-corrected chi connectivity index (χ2v) is 4.80. The number of rotatable bonds is 4. The molecule has 0 aromatic heterocycles. The lowest BCUT2D eigenvalue weighted by atomic mass is 10.1. The second kappa shape index (κ2) is 4.75. The zero-order valence-electron chi connectivity index (χ0n) is 10.4. The number of aromatic carboxylic acids is 1. The van der Waals surface area contributed by atoms with Crippen LogP contribution in [0.1, 0.15) is 28.8 Å². The van der Waals surface area contributed by atoms with Gasteiger partial charge in [-0.1, -0.05) is 6.07 Å². The molecule has 19 heavy (non-hydrogen) atoms. The second-order valence-electron chi connectivity index (χ2n) is 4.80. The van der Waals surface area contributed by atoms with Gasteiger partial charge >= 0.3 is 12.1 Å². The summed E-state index contributed by atoms with van der Waals surface area (Å²) in [6, 6.07) is 4.25. The molecule has 6 heteroatoms. The number of hydrogen-bond acceptors (Lipinski definition) is 2. The van der Waals surface area contributed by atoms with E-state index in [2.05, 4.69) is 0 Å². The molecule has 1 aliphatic rings. The predicted octanol–water partition coefficient (Wildman–Crippen LogP) is 3.22. The van der Waals surface area contributed by atoms with Gasteiger partial charge in [-0.25, -0.2) is 4.79 Å². The largest absolute Gasteiger partial charge is 0.478 e. The minimum atomic E-state index is -4.35. The third kappa shape index (κ3) is 3.39. The Labute approximate surface area is 108 Å². The highest BCUT2D eigenvalue weighted by Gasteiger charge is 2.39. The summed E-state index contributed by atoms with van der Waals surface area (Å²) < 4.78 is 37.9. The number of anilines is 1. The summed E-state index contributed by atoms with van der Waals surface area (Å²) in [6.45, 7) is 0.620. The Morgan fingerprint density at radius 3 is 2.53 bits per heavy atom. The van der Waals surface area contributed by atoms with E-state index in [9.17, 15) is 18.0 Å². The van der Waals surface area contributed by atoms with Gasteiger partial charge in [-0.2, -0.15) is 13.2 Å². The summed E-state index contributed by atoms with van der Waals surface area (Å²) in [5.74, 6) is -1.21. The van der Waals surface area contributed by atoms with Crippen molar-refractivity contribution >= 4 is 11.7 Å². The van der Waals surface area contributed by atoms with Crippen LogP contribution in [0, 0.1) is 6.92 Å². The molecule has 0 spiro atoms. The van der Waals surface area contributed by atoms with Crippen LogP contribution in [0.4, 0.5) is 18.9 Å². The number of alkyl halides is 3. The van der Waals surface area contributed by atoms with Gasteiger partial charge in [0.05, 0.1) is 11.3 Å². The third-order valence-corrected chi connectivity index (χ3v) is 3.03. The lowest BCUT2D eigenvalue weighted by molar-refractivity contribution is -0.120. The quantitative estimate of drug-likeness (QED) is 0.915. The molecular formula is C13H14F3NO2. The highest BCUT2D eigenvalue weighted by molar-refractivity contribution is 5.94. The van der Waals surface area contributed by atoms with Crippen LogP contribution >= 0.6 is 0 Å². The first kappa shape index (κ1) is 13.7. The van der Waals surface area contributed by atoms with Crippen molar-refractivity contribution in [1.82, 2.24) is 0 Å². The lowest BCUT2D eigenvalue weighted by Crippen LogP contribution is -2.37. The Hall–Kier alpha value is -1.72. The fourth-order valence-corrected chi connectivity index (χ4v) is 2.05. The van der Waals surface area contributed by atoms with Crippen molar-refractivity contribution in [2.24, 2.45) is 0 Å². The molecule has 0 heterocycles. The summed E-state index contributed by atoms with van der Waals surface area (Å²) in [5, 5.41) is 9.10. The Balaban J connectivity index is 2.40. The summed E-state index contributed by atoms with van der Waals surface area (Å²) in [4.78, 5) is 12.3. The van der Waals surface area contributed by atoms with Crippen molar-refractivity contribution < 1.29 is 23.1 Å². The number of carboxylic acids is 1. The zero-order valence-corrected chi connectivity index (χ0v) is 10.4. The van der Waals surface area contributed by atoms with Gasteiger partial charge in [0.15, 0.2) is 0 Å². The van der Waals surface area contributed by atoms with Gasteiger partial charge in [0.1, 0.15) is 6.54 Å². The molecule has 1 saturated carbocycles. The number of carboxylic acid groups (broad SMARTS) is 1. The van der Waals surface area contributed by atoms with Crippen molar-refractivity contribution in [3.05, 3.63) is 29.3 Å². The van der Waals surface area contributed by atoms with Gasteiger partial charge in [-0.05, 0) is 37.5 Å². The van der Waals surface area contributed by atoms with Crippen molar-refractivity contribution in [3.8, 4) is 0 Å². The van der Waals surface area contributed by atoms with Gasteiger partial charge in [-0.15, -0.1) is 0 Å². The first-order chi connectivity index (χ1) is 8.78. The van der Waals surface area contributed by atoms with E-state index in [0.29, 0.717) is 12.8 Å². The molecule has 0 amide bonds. The van der Waals surface area contributed by atoms with E-state index in [1.54, 1.807) is 13.0 Å². The molecule has 1 aromatic carbocycles. The molecule has 1 N–H and O–H groups in total. The minimum absolute atomic E-state index is 0.0817. The Morgan fingerprint density at radius 2 is 2.05 bits per heavy atom. The van der Waals surface area contributed by atoms with E-state index in [-0.39, 0.29) is 17.3 Å². The summed E-state index contributed by atoms with van der Waals surface area (Å²) in [5.41, 5.74) is 0.821. The van der Waals surface area contributed by atoms with Gasteiger partial charge in [0.25, 0.3) is 0 Å². The Morgan fingerprint density at radius 1 is 1.42 bits per heavy atom. The van der Waals surface area contributed by atoms with Crippen LogP contribution in [-0.4, -0.2) is 29.8 Å². The first-order valence-electron chi connectivity index (χ1n) is 5.95. The Bertz CT molecular complexity index is 495. The number of hydrogen-bond donors (Lipinski definition) is 1. The SMILES string of the molecule is Cc1ccc(C(=O)O)c(N(CC(F)(F)F)C2CC2)c1. The average Bonchev–Trinajstić information content (AvgIpc) is 3.07. The molecular weight excluding hydrogens is 259 g/mol. The van der Waals surface area contributed by atoms with E-state index in [1.165, 1.54) is 12.1 Å². The van der Waals surface area contributed by atoms with Gasteiger partial charge in [0, 0.05) is 6.04 Å². The van der Waals surface area contributed by atoms with Crippen LogP contribution < -0.4 is 4.90 Å². The molecule has 1 fully saturated rings. The van der Waals surface area contributed by atoms with Crippen LogP contribution in [0.3, 0.4) is 0 Å². The molecule has 0 aliphatic heterocycles. The van der Waals surface area contributed by atoms with E-state index >= 15 is 0 Å². The minimum Gasteiger partial charge on any atom is -0.478 e. The van der Waals surface area contributed by atoms with Gasteiger partial charge in [-0.3, -0.25) is 0 Å². The molecule has 3 nitrogen and oxygen atoms in total. The van der Waals surface area contributed by atoms with Gasteiger partial charge < -0.3 is 10.0 Å². The highest BCUT2D eigenvalue weighted by atomic mass is 19.4. The fraction of sp³-hybridized carbons (Fsp3) is 0.462. The van der Waals surface area contributed by atoms with Crippen molar-refractivity contribution in [2.45, 2.75) is 32.0 Å². The number of halogens is 3. The maximum atomic E-state index is 12.6. The highest BCUT2D eigenvalue weighted by Crippen LogP contribution is 2.36. The molecule has 0 bridgehead atoms. The zero-order chi connectivity index (χ0) is 14.2. The van der Waals surface area contributed by atoms with E-state index in [1.807, 2.05) is 0 Å². The Kier molecular flexibility index (Phi) is 3.43. The summed E-state index contributed by atoms with van der Waals surface area (Å²) in [7, 11) is 0. The van der Waals surface area contributed by atoms with Crippen LogP contribution in [0.2, 0.25) is 0 Å². The van der Waals surface area contributed by atoms with Crippen molar-refractivity contribution in [3.63, 3.8) is 0 Å². The summed E-state index contributed by atoms with van der Waals surface area (Å²) >= 11 is 0. The lowest BCUT2D eigenvalue weighted by Gasteiger charge is -2.27. The number of nitrogens with zero attached hydrogens (tertiary/aromatic N) is 1. The molecule has 1 aromatic rings. The van der Waals surface area contributed by atoms with E-state index < -0.39 is 18.7 Å². The van der Waals surface area contributed by atoms with Crippen molar-refractivity contribution in [2.75, 3.05) is 11.4 Å². The number of aryl methyl sites for hydroxylation is 1. The number of benzene rings is 1. The molecule has 0 unspecified atom stereocenters. The van der Waals surface area contributed by atoms with Crippen LogP contribution in [0.15, 0.2) is 18.2 Å². The molecule has 0 saturated heterocycles. The van der Waals surface area contributed by atoms with Crippen LogP contribution in [-0.2, 0) is 0 Å². The molecule has 1 aliphatic carbocycles. The van der Waals surface area contributed by atoms with Crippen LogP contribution in [0.25, 0.3) is 0 Å². The molecule has 2 rings (SSSR count). The topological polar surface area (TPSA) is 40.5 Å². The smallest absolute Gasteiger partial charge is 0.405 e. The first-order valence-corrected chi connectivity index (χ1v) is 5.95. The summed E-state index contributed by atoms with van der Waals surface area (Å²) in [6.07, 6.45) is -3.01. The maximum absolute atomic E-state index is 12.6. The predicted molar refractivity (Wildman–Crippen MR) is 64.6 cm³/mol. The molecule has 0 atom stereocenters. The van der Waals surface area contributed by atoms with Crippen LogP contribution in [0.5, 0.6) is 0 Å². The number of carbonyl (C=O) groups is 1. The van der Waals surface area contributed by atoms with Crippen molar-refractivity contribution in [1.29, 1.82) is 0 Å². The van der Waals surface area contributed by atoms with Gasteiger partial charge in [0.2, 0.25) is 0 Å². The molecule has 0 radical (unpaired) electrons.